The number of methoxy groups -OCH3 is 8. The van der Waals surface area contributed by atoms with Gasteiger partial charge in [0, 0.05) is 220 Å². The van der Waals surface area contributed by atoms with Crippen LogP contribution in [-0.4, -0.2) is 431 Å². The fourth-order valence-electron chi connectivity index (χ4n) is 11.8. The highest BCUT2D eigenvalue weighted by Gasteiger charge is 2.40. The van der Waals surface area contributed by atoms with Crippen molar-refractivity contribution < 1.29 is 193 Å². The predicted molar refractivity (Wildman–Crippen MR) is 518 cm³/mol. The number of ether oxygens (including phenoxy) is 19. The second-order valence-electron chi connectivity index (χ2n) is 30.5. The highest BCUT2D eigenvalue weighted by atomic mass is 32.2. The molecule has 0 unspecified atom stereocenters. The van der Waals surface area contributed by atoms with E-state index < -0.39 is 115 Å². The summed E-state index contributed by atoms with van der Waals surface area (Å²) >= 11 is 0. The Labute approximate surface area is 848 Å². The fourth-order valence-corrected chi connectivity index (χ4v) is 13.4. The molecule has 6 aliphatic heterocycles. The third kappa shape index (κ3) is 69.4. The Kier molecular flexibility index (Phi) is 70.4. The van der Waals surface area contributed by atoms with E-state index in [1.54, 1.807) is 0 Å². The van der Waals surface area contributed by atoms with Crippen LogP contribution in [0.15, 0.2) is 158 Å². The molecule has 8 rings (SSSR count). The molecule has 6 fully saturated rings. The number of hydrogen-bond acceptors (Lipinski definition) is 47. The SMILES string of the molecule is COC(=O)/C=C/C(=O)OCCN(C)Cc1ccccc1.COC(=O)/C=C/C(=O)OCCN(C)c1ccccc1.COC(=O)/C=C/C(=O)OCCN1C(=O)CCC1=O.COC(=O)/C=C/C(=O)OCCN1CCC2(CC1)OCCO2.COC(=O)/C=C/C(=O)OCCN1CCCCC1.COC(=O)/C=C/C(=O)OCCN1CCOCC1.COC(=O)/C=C/C(=O)OCCN1CCS(=O)(=O)CC1.COC(=O)/C=C/C(=O)OCCS(C)(=O)=O. The summed E-state index contributed by atoms with van der Waals surface area (Å²) in [7, 11) is 7.63. The summed E-state index contributed by atoms with van der Waals surface area (Å²) in [4.78, 5) is 211. The second-order valence-corrected chi connectivity index (χ2v) is 35.1. The summed E-state index contributed by atoms with van der Waals surface area (Å²) in [6.07, 6.45) is 22.9. The van der Waals surface area contributed by atoms with Gasteiger partial charge in [-0.3, -0.25) is 39.0 Å². The van der Waals surface area contributed by atoms with Crippen LogP contribution in [0.5, 0.6) is 0 Å². The van der Waals surface area contributed by atoms with Crippen LogP contribution >= 0.6 is 0 Å². The van der Waals surface area contributed by atoms with E-state index in [0.29, 0.717) is 78.8 Å². The molecule has 6 saturated heterocycles. The number of imide groups is 1. The van der Waals surface area contributed by atoms with Crippen molar-refractivity contribution in [2.24, 2.45) is 0 Å². The van der Waals surface area contributed by atoms with Gasteiger partial charge in [0.1, 0.15) is 52.9 Å². The molecule has 2 aromatic rings. The van der Waals surface area contributed by atoms with E-state index in [1.807, 2.05) is 89.5 Å². The predicted octanol–water partition coefficient (Wildman–Crippen LogP) is 0.920. The monoisotopic (exact) mass is 2110 g/mol. The molecule has 2 aromatic carbocycles. The minimum absolute atomic E-state index is 0.0372. The van der Waals surface area contributed by atoms with Gasteiger partial charge in [-0.2, -0.15) is 0 Å². The lowest BCUT2D eigenvalue weighted by atomic mass is 10.0. The number of carbonyl (C=O) groups excluding carboxylic acids is 18. The summed E-state index contributed by atoms with van der Waals surface area (Å²) in [6.45, 7) is 15.2. The molecule has 1 spiro atoms. The van der Waals surface area contributed by atoms with E-state index in [0.717, 1.165) is 192 Å². The van der Waals surface area contributed by atoms with Crippen LogP contribution in [-0.2, 0) is 203 Å². The molecule has 2 amide bonds. The summed E-state index contributed by atoms with van der Waals surface area (Å²) in [5.41, 5.74) is 2.25. The van der Waals surface area contributed by atoms with Crippen LogP contribution in [0.4, 0.5) is 5.69 Å². The Morgan fingerprint density at radius 1 is 0.349 bits per heavy atom. The van der Waals surface area contributed by atoms with Gasteiger partial charge >= 0.3 is 95.5 Å². The van der Waals surface area contributed by atoms with Crippen molar-refractivity contribution in [2.75, 3.05) is 277 Å². The average Bonchev–Trinajstić information content (AvgIpc) is 1.68. The van der Waals surface area contributed by atoms with Crippen molar-refractivity contribution in [1.82, 2.24) is 29.4 Å². The number of esters is 16. The number of likely N-dealkylation sites (N-methyl/N-ethyl adjacent to an activating group) is 2. The Morgan fingerprint density at radius 2 is 0.630 bits per heavy atom. The van der Waals surface area contributed by atoms with Crippen molar-refractivity contribution in [3.05, 3.63) is 163 Å². The molecule has 0 radical (unpaired) electrons. The number of benzene rings is 2. The van der Waals surface area contributed by atoms with E-state index in [-0.39, 0.29) is 87.3 Å². The zero-order valence-corrected chi connectivity index (χ0v) is 85.7. The lowest BCUT2D eigenvalue weighted by Crippen LogP contribution is -2.46. The molecular weight excluding hydrogens is 1970 g/mol. The Hall–Kier alpha value is -13.6. The van der Waals surface area contributed by atoms with Crippen LogP contribution < -0.4 is 4.90 Å². The Balaban J connectivity index is 0.000000836. The van der Waals surface area contributed by atoms with Crippen molar-refractivity contribution in [1.29, 1.82) is 0 Å². The fraction of sp³-hybridized carbons (Fsp3) is 0.521. The zero-order valence-electron chi connectivity index (χ0n) is 84.1. The van der Waals surface area contributed by atoms with Gasteiger partial charge in [-0.1, -0.05) is 55.0 Å². The molecular formula is C96H135N7O41S2. The number of piperidine rings is 2. The number of likely N-dealkylation sites (tertiary alicyclic amines) is 3. The maximum atomic E-state index is 11.3. The molecule has 0 saturated carbocycles. The molecule has 0 N–H and O–H groups in total. The number of morpholine rings is 1. The third-order valence-electron chi connectivity index (χ3n) is 19.8. The van der Waals surface area contributed by atoms with Crippen molar-refractivity contribution >= 4 is 133 Å². The van der Waals surface area contributed by atoms with Crippen LogP contribution in [0.2, 0.25) is 0 Å². The highest BCUT2D eigenvalue weighted by Crippen LogP contribution is 2.31. The summed E-state index contributed by atoms with van der Waals surface area (Å²) in [5.74, 6) is -10.6. The number of hydrogen-bond donors (Lipinski definition) is 0. The van der Waals surface area contributed by atoms with E-state index >= 15 is 0 Å². The Morgan fingerprint density at radius 3 is 0.959 bits per heavy atom. The summed E-state index contributed by atoms with van der Waals surface area (Å²) in [5, 5.41) is 0. The van der Waals surface area contributed by atoms with E-state index in [9.17, 15) is 103 Å². The molecule has 146 heavy (non-hydrogen) atoms. The zero-order chi connectivity index (χ0) is 109. The van der Waals surface area contributed by atoms with E-state index in [1.165, 1.54) is 81.7 Å². The number of amides is 2. The molecule has 0 aliphatic carbocycles. The average molecular weight is 2110 g/mol. The maximum Gasteiger partial charge on any atom is 0.331 e. The van der Waals surface area contributed by atoms with Gasteiger partial charge in [0.25, 0.3) is 0 Å². The second kappa shape index (κ2) is 78.8. The van der Waals surface area contributed by atoms with E-state index in [2.05, 4.69) is 57.3 Å². The first-order chi connectivity index (χ1) is 69.6. The first-order valence-corrected chi connectivity index (χ1v) is 49.4. The Bertz CT molecular complexity index is 4770. The largest absolute Gasteiger partial charge is 0.466 e. The smallest absolute Gasteiger partial charge is 0.331 e. The van der Waals surface area contributed by atoms with Crippen LogP contribution in [0.3, 0.4) is 0 Å². The van der Waals surface area contributed by atoms with Gasteiger partial charge in [-0.15, -0.1) is 0 Å². The van der Waals surface area contributed by atoms with Gasteiger partial charge < -0.3 is 94.9 Å². The quantitative estimate of drug-likeness (QED) is 0.0385. The number of para-hydroxylation sites is 1. The molecule has 6 heterocycles. The number of sulfone groups is 2. The third-order valence-corrected chi connectivity index (χ3v) is 22.3. The first-order valence-electron chi connectivity index (χ1n) is 45.5. The standard InChI is InChI=1S/C15H19NO4.C14H21NO6.C14H17NO4.C12H19NO4.C11H17NO6S.C11H13NO6.C11H17NO5.C8H12O6S/c1-16(12-13-6-4-3-5-7-13)10-11-20-15(18)9-8-14(17)19-2;1-18-12(16)2-3-13(17)19-9-8-15-6-4-14(5-7-15)20-10-11-21-14;1-15(12-6-4-3-5-7-12)10-11-19-14(17)9-8-13(16)18-2;1-16-11(14)5-6-12(15)17-10-9-13-7-3-2-4-8-13;1-17-10(13)2-3-11(14)18-7-4-12-5-8-19(15,16)9-6-12;1-17-10(15)4-5-11(16)18-7-6-12-8(13)2-3-9(12)14;1-15-10(13)2-3-11(14)17-9-6-12-4-7-16-8-5-12;1-13-7(9)3-4-8(10)14-5-6-15(2,11)12/h3-9H,10-12H2,1-2H3;2-3H,4-11H2,1H3;3-9H,10-11H2,1-2H3;5-6H,2-4,7-10H2,1H3;2-3H,4-9H2,1H3;4-5H,2-3,6-7H2,1H3;2-3H,4-9H2,1H3;3-4H,5-6H2,1-2H3/b9-8+;3-2+;9-8+;6-5+;3-2+;5-4+;3-2+;4-3+. The van der Waals surface area contributed by atoms with E-state index in [4.69, 9.17) is 47.4 Å². The normalized spacial score (nSPS) is 15.4. The van der Waals surface area contributed by atoms with Crippen LogP contribution in [0.25, 0.3) is 0 Å². The molecule has 48 nitrogen and oxygen atoms in total. The lowest BCUT2D eigenvalue weighted by molar-refractivity contribution is -0.186. The number of anilines is 1. The number of nitrogens with zero attached hydrogens (tertiary/aromatic N) is 7. The van der Waals surface area contributed by atoms with Crippen molar-refractivity contribution in [2.45, 2.75) is 57.3 Å². The molecule has 0 aromatic heterocycles. The molecule has 0 bridgehead atoms. The number of carbonyl (C=O) groups is 18. The highest BCUT2D eigenvalue weighted by molar-refractivity contribution is 7.91. The topological polar surface area (TPSA) is 574 Å². The summed E-state index contributed by atoms with van der Waals surface area (Å²) in [6, 6.07) is 19.8. The minimum atomic E-state index is -3.15. The molecule has 6 aliphatic rings. The van der Waals surface area contributed by atoms with Crippen LogP contribution in [0, 0.1) is 0 Å². The molecule has 812 valence electrons. The van der Waals surface area contributed by atoms with Gasteiger partial charge in [0.2, 0.25) is 11.8 Å². The maximum absolute atomic E-state index is 11.3. The van der Waals surface area contributed by atoms with Crippen molar-refractivity contribution in [3.8, 4) is 0 Å². The molecule has 0 atom stereocenters. The van der Waals surface area contributed by atoms with Crippen LogP contribution in [0.1, 0.15) is 50.5 Å². The molecule has 50 heteroatoms. The van der Waals surface area contributed by atoms with Gasteiger partial charge in [-0.05, 0) is 50.7 Å². The van der Waals surface area contributed by atoms with Gasteiger partial charge in [0.05, 0.1) is 114 Å². The van der Waals surface area contributed by atoms with Crippen molar-refractivity contribution in [3.63, 3.8) is 0 Å². The summed E-state index contributed by atoms with van der Waals surface area (Å²) < 4.78 is 134. The minimum Gasteiger partial charge on any atom is -0.466 e. The van der Waals surface area contributed by atoms with Gasteiger partial charge in [0.15, 0.2) is 25.5 Å². The lowest BCUT2D eigenvalue weighted by Gasteiger charge is -2.37. The first kappa shape index (κ1) is 130. The van der Waals surface area contributed by atoms with Gasteiger partial charge in [-0.25, -0.2) is 93.5 Å². The number of rotatable bonds is 43.